The van der Waals surface area contributed by atoms with Crippen LogP contribution in [0, 0.1) is 11.6 Å². The van der Waals surface area contributed by atoms with Gasteiger partial charge in [0.15, 0.2) is 0 Å². The molecule has 9 heteroatoms. The van der Waals surface area contributed by atoms with Crippen molar-refractivity contribution in [3.05, 3.63) is 71.3 Å². The van der Waals surface area contributed by atoms with E-state index in [2.05, 4.69) is 9.46 Å². The van der Waals surface area contributed by atoms with Gasteiger partial charge < -0.3 is 4.74 Å². The molecule has 0 spiro atoms. The molecular formula is C15H14F2N2O4S. The van der Waals surface area contributed by atoms with Crippen LogP contribution in [0.25, 0.3) is 0 Å². The van der Waals surface area contributed by atoms with Crippen LogP contribution in [0.1, 0.15) is 17.2 Å². The summed E-state index contributed by atoms with van der Waals surface area (Å²) >= 11 is 0. The van der Waals surface area contributed by atoms with Crippen molar-refractivity contribution in [2.45, 2.75) is 6.04 Å². The minimum Gasteiger partial charge on any atom is -0.452 e. The number of hydrogen-bond acceptors (Lipinski definition) is 4. The zero-order chi connectivity index (χ0) is 17.7. The standard InChI is InChI=1S/C15H14F2N2O4S/c1-23-15(20)19-24(21,22)18-14(10-2-6-12(16)7-3-10)11-4-8-13(17)9-5-11/h2-9,14,18H,1H3,(H,19,20). The lowest BCUT2D eigenvalue weighted by molar-refractivity contribution is 0.177. The highest BCUT2D eigenvalue weighted by molar-refractivity contribution is 7.88. The lowest BCUT2D eigenvalue weighted by Gasteiger charge is -2.20. The highest BCUT2D eigenvalue weighted by Gasteiger charge is 2.23. The molecule has 0 aliphatic rings. The highest BCUT2D eigenvalue weighted by Crippen LogP contribution is 2.23. The quantitative estimate of drug-likeness (QED) is 0.861. The second-order valence-electron chi connectivity index (χ2n) is 4.75. The Hall–Kier alpha value is -2.52. The van der Waals surface area contributed by atoms with E-state index in [9.17, 15) is 22.0 Å². The van der Waals surface area contributed by atoms with Gasteiger partial charge in [-0.1, -0.05) is 24.3 Å². The number of amides is 1. The van der Waals surface area contributed by atoms with Crippen LogP contribution in [0.2, 0.25) is 0 Å². The molecule has 6 nitrogen and oxygen atoms in total. The van der Waals surface area contributed by atoms with Crippen LogP contribution in [0.3, 0.4) is 0 Å². The number of nitrogens with one attached hydrogen (secondary N) is 2. The predicted molar refractivity (Wildman–Crippen MR) is 82.2 cm³/mol. The maximum atomic E-state index is 13.1. The van der Waals surface area contributed by atoms with Gasteiger partial charge >= 0.3 is 16.3 Å². The van der Waals surface area contributed by atoms with Gasteiger partial charge in [0, 0.05) is 0 Å². The summed E-state index contributed by atoms with van der Waals surface area (Å²) in [5.41, 5.74) is 0.802. The fourth-order valence-corrected chi connectivity index (χ4v) is 2.92. The summed E-state index contributed by atoms with van der Waals surface area (Å²) in [6, 6.07) is 9.19. The maximum absolute atomic E-state index is 13.1. The van der Waals surface area contributed by atoms with Gasteiger partial charge in [-0.15, -0.1) is 0 Å². The number of benzene rings is 2. The maximum Gasteiger partial charge on any atom is 0.421 e. The van der Waals surface area contributed by atoms with Gasteiger partial charge in [-0.05, 0) is 35.4 Å². The van der Waals surface area contributed by atoms with E-state index in [1.807, 2.05) is 0 Å². The van der Waals surface area contributed by atoms with Crippen molar-refractivity contribution in [3.8, 4) is 0 Å². The molecule has 0 bridgehead atoms. The van der Waals surface area contributed by atoms with Crippen molar-refractivity contribution in [3.63, 3.8) is 0 Å². The molecule has 1 amide bonds. The molecule has 0 aliphatic carbocycles. The summed E-state index contributed by atoms with van der Waals surface area (Å²) in [4.78, 5) is 11.1. The molecule has 0 saturated heterocycles. The normalized spacial score (nSPS) is 11.3. The molecule has 0 unspecified atom stereocenters. The van der Waals surface area contributed by atoms with Crippen molar-refractivity contribution < 1.29 is 26.7 Å². The minimum absolute atomic E-state index is 0.401. The summed E-state index contributed by atoms with van der Waals surface area (Å²) in [5, 5.41) is 0. The van der Waals surface area contributed by atoms with Crippen molar-refractivity contribution in [1.82, 2.24) is 9.44 Å². The van der Waals surface area contributed by atoms with Gasteiger partial charge in [0.1, 0.15) is 11.6 Å². The average molecular weight is 356 g/mol. The predicted octanol–water partition coefficient (Wildman–Crippen LogP) is 2.24. The van der Waals surface area contributed by atoms with E-state index >= 15 is 0 Å². The van der Waals surface area contributed by atoms with Crippen LogP contribution in [0.15, 0.2) is 48.5 Å². The molecular weight excluding hydrogens is 342 g/mol. The summed E-state index contributed by atoms with van der Waals surface area (Å²) < 4.78 is 58.4. The number of ether oxygens (including phenoxy) is 1. The van der Waals surface area contributed by atoms with E-state index in [4.69, 9.17) is 0 Å². The molecule has 2 N–H and O–H groups in total. The monoisotopic (exact) mass is 356 g/mol. The molecule has 24 heavy (non-hydrogen) atoms. The number of carbonyl (C=O) groups excluding carboxylic acids is 1. The molecule has 0 saturated carbocycles. The van der Waals surface area contributed by atoms with E-state index in [-0.39, 0.29) is 0 Å². The van der Waals surface area contributed by atoms with E-state index in [1.165, 1.54) is 24.3 Å². The third kappa shape index (κ3) is 4.74. The third-order valence-electron chi connectivity index (χ3n) is 3.08. The van der Waals surface area contributed by atoms with Gasteiger partial charge in [0.05, 0.1) is 13.2 Å². The van der Waals surface area contributed by atoms with Crippen LogP contribution in [-0.4, -0.2) is 21.6 Å². The van der Waals surface area contributed by atoms with Gasteiger partial charge in [-0.25, -0.2) is 18.3 Å². The van der Waals surface area contributed by atoms with Crippen molar-refractivity contribution >= 4 is 16.3 Å². The SMILES string of the molecule is COC(=O)NS(=O)(=O)NC(c1ccc(F)cc1)c1ccc(F)cc1. The molecule has 2 aromatic rings. The van der Waals surface area contributed by atoms with Crippen LogP contribution in [0.4, 0.5) is 13.6 Å². The summed E-state index contributed by atoms with van der Waals surface area (Å²) in [5.74, 6) is -0.987. The first-order valence-electron chi connectivity index (χ1n) is 6.69. The Morgan fingerprint density at radius 2 is 1.38 bits per heavy atom. The molecule has 0 aromatic heterocycles. The first-order valence-corrected chi connectivity index (χ1v) is 8.18. The molecule has 2 aromatic carbocycles. The van der Waals surface area contributed by atoms with Crippen molar-refractivity contribution in [2.24, 2.45) is 0 Å². The fourth-order valence-electron chi connectivity index (χ4n) is 1.97. The molecule has 0 atom stereocenters. The van der Waals surface area contributed by atoms with Gasteiger partial charge in [-0.3, -0.25) is 0 Å². The first-order chi connectivity index (χ1) is 11.3. The van der Waals surface area contributed by atoms with Crippen LogP contribution in [0.5, 0.6) is 0 Å². The smallest absolute Gasteiger partial charge is 0.421 e. The number of halogens is 2. The zero-order valence-corrected chi connectivity index (χ0v) is 13.3. The van der Waals surface area contributed by atoms with Crippen LogP contribution >= 0.6 is 0 Å². The Labute approximate surface area is 137 Å². The van der Waals surface area contributed by atoms with Crippen molar-refractivity contribution in [2.75, 3.05) is 7.11 Å². The van der Waals surface area contributed by atoms with Crippen LogP contribution < -0.4 is 9.44 Å². The van der Waals surface area contributed by atoms with E-state index in [0.717, 1.165) is 31.4 Å². The molecule has 0 fully saturated rings. The minimum atomic E-state index is -4.27. The molecule has 0 radical (unpaired) electrons. The average Bonchev–Trinajstić information content (AvgIpc) is 2.54. The third-order valence-corrected chi connectivity index (χ3v) is 4.06. The molecule has 128 valence electrons. The summed E-state index contributed by atoms with van der Waals surface area (Å²) in [6.07, 6.45) is -1.17. The van der Waals surface area contributed by atoms with Gasteiger partial charge in [0.2, 0.25) is 0 Å². The van der Waals surface area contributed by atoms with E-state index in [0.29, 0.717) is 11.1 Å². The van der Waals surface area contributed by atoms with Crippen LogP contribution in [-0.2, 0) is 14.9 Å². The van der Waals surface area contributed by atoms with Gasteiger partial charge in [0.25, 0.3) is 0 Å². The molecule has 0 aliphatic heterocycles. The topological polar surface area (TPSA) is 84.5 Å². The fraction of sp³-hybridized carbons (Fsp3) is 0.133. The lowest BCUT2D eigenvalue weighted by atomic mass is 10.00. The van der Waals surface area contributed by atoms with Gasteiger partial charge in [-0.2, -0.15) is 13.1 Å². The second-order valence-corrected chi connectivity index (χ2v) is 6.20. The Morgan fingerprint density at radius 1 is 0.958 bits per heavy atom. The first kappa shape index (κ1) is 17.8. The summed E-state index contributed by atoms with van der Waals surface area (Å²) in [7, 11) is -3.25. The largest absolute Gasteiger partial charge is 0.452 e. The number of carbonyl (C=O) groups is 1. The second kappa shape index (κ2) is 7.37. The van der Waals surface area contributed by atoms with E-state index < -0.39 is 34.0 Å². The Morgan fingerprint density at radius 3 is 1.75 bits per heavy atom. The molecule has 0 heterocycles. The van der Waals surface area contributed by atoms with E-state index in [1.54, 1.807) is 4.72 Å². The lowest BCUT2D eigenvalue weighted by Crippen LogP contribution is -2.42. The van der Waals surface area contributed by atoms with Crippen molar-refractivity contribution in [1.29, 1.82) is 0 Å². The summed E-state index contributed by atoms with van der Waals surface area (Å²) in [6.45, 7) is 0. The Balaban J connectivity index is 2.37. The zero-order valence-electron chi connectivity index (χ0n) is 12.5. The highest BCUT2D eigenvalue weighted by atomic mass is 32.2. The number of rotatable bonds is 5. The number of methoxy groups -OCH3 is 1. The Kier molecular flexibility index (Phi) is 5.47. The Bertz CT molecular complexity index is 763. The molecule has 2 rings (SSSR count). The number of hydrogen-bond donors (Lipinski definition) is 2.